The van der Waals surface area contributed by atoms with E-state index in [4.69, 9.17) is 5.11 Å². The van der Waals surface area contributed by atoms with Crippen molar-refractivity contribution in [2.45, 2.75) is 58.5 Å². The molecule has 0 saturated heterocycles. The van der Waals surface area contributed by atoms with Crippen molar-refractivity contribution in [1.82, 2.24) is 10.6 Å². The first-order valence-corrected chi connectivity index (χ1v) is 12.2. The van der Waals surface area contributed by atoms with Crippen molar-refractivity contribution in [3.63, 3.8) is 0 Å². The van der Waals surface area contributed by atoms with Gasteiger partial charge in [0.2, 0.25) is 5.91 Å². The second-order valence-electron chi connectivity index (χ2n) is 9.46. The summed E-state index contributed by atoms with van der Waals surface area (Å²) in [4.78, 5) is 34.1. The summed E-state index contributed by atoms with van der Waals surface area (Å²) >= 11 is 0. The lowest BCUT2D eigenvalue weighted by atomic mass is 9.95. The third-order valence-corrected chi connectivity index (χ3v) is 5.51. The summed E-state index contributed by atoms with van der Waals surface area (Å²) < 4.78 is 12.7. The van der Waals surface area contributed by atoms with E-state index in [1.165, 1.54) is 19.1 Å². The maximum absolute atomic E-state index is 12.7. The molecule has 3 aromatic carbocycles. The van der Waals surface area contributed by atoms with Crippen LogP contribution in [0.1, 0.15) is 56.5 Å². The normalized spacial score (nSPS) is 11.5. The molecule has 0 aliphatic rings. The molecule has 3 aromatic rings. The largest absolute Gasteiger partial charge is 0.480 e. The smallest absolute Gasteiger partial charge is 0.326 e. The van der Waals surface area contributed by atoms with Crippen molar-refractivity contribution < 1.29 is 23.9 Å². The van der Waals surface area contributed by atoms with Crippen LogP contribution in [0, 0.1) is 5.82 Å². The van der Waals surface area contributed by atoms with Crippen LogP contribution in [0.5, 0.6) is 0 Å². The topological polar surface area (TPSA) is 95.5 Å². The molecule has 0 heterocycles. The maximum Gasteiger partial charge on any atom is 0.326 e. The molecule has 6 nitrogen and oxygen atoms in total. The Labute approximate surface area is 217 Å². The van der Waals surface area contributed by atoms with Crippen molar-refractivity contribution >= 4 is 17.8 Å². The SMILES string of the molecule is CC(=O)NC(C)(C)Cc1ccc(F)cc1.CCC[C@@H](NC(=O)c1ccc(-c2ccccc2)cc1)C(=O)O. The van der Waals surface area contributed by atoms with Gasteiger partial charge in [0.1, 0.15) is 11.9 Å². The molecule has 7 heteroatoms. The van der Waals surface area contributed by atoms with Gasteiger partial charge in [-0.05, 0) is 67.6 Å². The van der Waals surface area contributed by atoms with Crippen molar-refractivity contribution in [2.75, 3.05) is 0 Å². The Bertz CT molecular complexity index is 1160. The average molecular weight is 507 g/mol. The number of carboxylic acids is 1. The summed E-state index contributed by atoms with van der Waals surface area (Å²) in [5.41, 5.74) is 3.26. The zero-order valence-electron chi connectivity index (χ0n) is 21.8. The standard InChI is InChI=1S/C18H19NO3.C12H16FNO/c1-2-6-16(18(21)22)19-17(20)15-11-9-14(10-12-15)13-7-4-3-5-8-13;1-9(15)14-12(2,3)8-10-4-6-11(13)7-5-10/h3-5,7-12,16H,2,6H2,1H3,(H,19,20)(H,21,22);4-7H,8H2,1-3H3,(H,14,15)/t16-;/m1./s1. The predicted octanol–water partition coefficient (Wildman–Crippen LogP) is 5.62. The van der Waals surface area contributed by atoms with E-state index in [2.05, 4.69) is 10.6 Å². The van der Waals surface area contributed by atoms with Gasteiger partial charge in [0.05, 0.1) is 0 Å². The van der Waals surface area contributed by atoms with Gasteiger partial charge in [-0.25, -0.2) is 9.18 Å². The minimum absolute atomic E-state index is 0.0536. The Morgan fingerprint density at radius 1 is 0.892 bits per heavy atom. The van der Waals surface area contributed by atoms with E-state index < -0.39 is 12.0 Å². The number of aliphatic carboxylic acids is 1. The molecular formula is C30H35FN2O4. The number of carboxylic acid groups (broad SMARTS) is 1. The van der Waals surface area contributed by atoms with Crippen molar-refractivity contribution in [3.05, 3.63) is 95.8 Å². The Morgan fingerprint density at radius 2 is 1.46 bits per heavy atom. The number of carbonyl (C=O) groups excluding carboxylic acids is 2. The van der Waals surface area contributed by atoms with Crippen LogP contribution < -0.4 is 10.6 Å². The Hall–Kier alpha value is -4.00. The minimum Gasteiger partial charge on any atom is -0.480 e. The van der Waals surface area contributed by atoms with Crippen LogP contribution in [0.3, 0.4) is 0 Å². The summed E-state index contributed by atoms with van der Waals surface area (Å²) in [5.74, 6) is -1.66. The molecule has 0 aliphatic heterocycles. The summed E-state index contributed by atoms with van der Waals surface area (Å²) in [5, 5.41) is 14.5. The highest BCUT2D eigenvalue weighted by Gasteiger charge is 2.20. The maximum atomic E-state index is 12.7. The number of benzene rings is 3. The Kier molecular flexibility index (Phi) is 11.0. The molecule has 3 rings (SSSR count). The Balaban J connectivity index is 0.000000281. The van der Waals surface area contributed by atoms with Crippen molar-refractivity contribution in [2.24, 2.45) is 0 Å². The summed E-state index contributed by atoms with van der Waals surface area (Å²) in [6.07, 6.45) is 1.81. The van der Waals surface area contributed by atoms with E-state index in [-0.39, 0.29) is 23.2 Å². The molecule has 0 fully saturated rings. The van der Waals surface area contributed by atoms with Gasteiger partial charge < -0.3 is 15.7 Å². The lowest BCUT2D eigenvalue weighted by molar-refractivity contribution is -0.139. The fourth-order valence-electron chi connectivity index (χ4n) is 3.87. The van der Waals surface area contributed by atoms with Gasteiger partial charge in [0, 0.05) is 18.0 Å². The van der Waals surface area contributed by atoms with Gasteiger partial charge in [-0.15, -0.1) is 0 Å². The van der Waals surface area contributed by atoms with Crippen LogP contribution in [0.2, 0.25) is 0 Å². The van der Waals surface area contributed by atoms with Crippen molar-refractivity contribution in [3.8, 4) is 11.1 Å². The average Bonchev–Trinajstić information content (AvgIpc) is 2.85. The first-order valence-electron chi connectivity index (χ1n) is 12.2. The number of halogens is 1. The monoisotopic (exact) mass is 506 g/mol. The summed E-state index contributed by atoms with van der Waals surface area (Å²) in [7, 11) is 0. The molecule has 0 saturated carbocycles. The molecule has 37 heavy (non-hydrogen) atoms. The first-order chi connectivity index (χ1) is 17.5. The third kappa shape index (κ3) is 10.3. The van der Waals surface area contributed by atoms with Gasteiger partial charge in [-0.3, -0.25) is 9.59 Å². The van der Waals surface area contributed by atoms with Crippen LogP contribution in [-0.2, 0) is 16.0 Å². The number of rotatable bonds is 9. The summed E-state index contributed by atoms with van der Waals surface area (Å²) in [6, 6.07) is 22.5. The second kappa shape index (κ2) is 13.9. The molecule has 3 N–H and O–H groups in total. The fourth-order valence-corrected chi connectivity index (χ4v) is 3.87. The first kappa shape index (κ1) is 29.2. The van der Waals surface area contributed by atoms with E-state index in [9.17, 15) is 18.8 Å². The van der Waals surface area contributed by atoms with E-state index >= 15 is 0 Å². The summed E-state index contributed by atoms with van der Waals surface area (Å²) in [6.45, 7) is 7.26. The van der Waals surface area contributed by atoms with E-state index in [1.54, 1.807) is 24.3 Å². The number of nitrogens with one attached hydrogen (secondary N) is 2. The zero-order chi connectivity index (χ0) is 27.4. The molecule has 0 aliphatic carbocycles. The zero-order valence-corrected chi connectivity index (χ0v) is 21.8. The van der Waals surface area contributed by atoms with Crippen LogP contribution >= 0.6 is 0 Å². The predicted molar refractivity (Wildman–Crippen MR) is 144 cm³/mol. The van der Waals surface area contributed by atoms with Crippen LogP contribution in [0.4, 0.5) is 4.39 Å². The van der Waals surface area contributed by atoms with Gasteiger partial charge in [-0.1, -0.05) is 67.9 Å². The molecule has 0 radical (unpaired) electrons. The van der Waals surface area contributed by atoms with E-state index in [0.717, 1.165) is 16.7 Å². The van der Waals surface area contributed by atoms with Crippen molar-refractivity contribution in [1.29, 1.82) is 0 Å². The molecule has 0 spiro atoms. The quantitative estimate of drug-likeness (QED) is 0.351. The minimum atomic E-state index is -1.00. The van der Waals surface area contributed by atoms with E-state index in [0.29, 0.717) is 24.8 Å². The molecule has 0 unspecified atom stereocenters. The number of carbonyl (C=O) groups is 3. The van der Waals surface area contributed by atoms with Crippen LogP contribution in [-0.4, -0.2) is 34.5 Å². The lowest BCUT2D eigenvalue weighted by Crippen LogP contribution is -2.43. The molecule has 0 aromatic heterocycles. The molecule has 0 bridgehead atoms. The van der Waals surface area contributed by atoms with Gasteiger partial charge >= 0.3 is 5.97 Å². The molecular weight excluding hydrogens is 471 g/mol. The second-order valence-corrected chi connectivity index (χ2v) is 9.46. The van der Waals surface area contributed by atoms with Gasteiger partial charge in [-0.2, -0.15) is 0 Å². The number of hydrogen-bond donors (Lipinski definition) is 3. The number of hydrogen-bond acceptors (Lipinski definition) is 3. The fraction of sp³-hybridized carbons (Fsp3) is 0.300. The molecule has 196 valence electrons. The van der Waals surface area contributed by atoms with Crippen LogP contribution in [0.15, 0.2) is 78.9 Å². The highest BCUT2D eigenvalue weighted by Crippen LogP contribution is 2.19. The molecule has 2 amide bonds. The Morgan fingerprint density at radius 3 is 1.97 bits per heavy atom. The number of amides is 2. The lowest BCUT2D eigenvalue weighted by Gasteiger charge is -2.25. The molecule has 1 atom stereocenters. The van der Waals surface area contributed by atoms with Gasteiger partial charge in [0.25, 0.3) is 5.91 Å². The van der Waals surface area contributed by atoms with Gasteiger partial charge in [0.15, 0.2) is 0 Å². The third-order valence-electron chi connectivity index (χ3n) is 5.51. The highest BCUT2D eigenvalue weighted by molar-refractivity contribution is 5.97. The van der Waals surface area contributed by atoms with E-state index in [1.807, 2.05) is 63.2 Å². The van der Waals surface area contributed by atoms with Crippen LogP contribution in [0.25, 0.3) is 11.1 Å². The highest BCUT2D eigenvalue weighted by atomic mass is 19.1.